The summed E-state index contributed by atoms with van der Waals surface area (Å²) in [4.78, 5) is 0. The predicted octanol–water partition coefficient (Wildman–Crippen LogP) is 3.80. The van der Waals surface area contributed by atoms with E-state index in [9.17, 15) is 0 Å². The number of hydrogen-bond acceptors (Lipinski definition) is 7. The van der Waals surface area contributed by atoms with E-state index in [2.05, 4.69) is 33.0 Å². The van der Waals surface area contributed by atoms with Gasteiger partial charge in [0.15, 0.2) is 17.4 Å². The van der Waals surface area contributed by atoms with Gasteiger partial charge in [0.05, 0.1) is 6.26 Å². The van der Waals surface area contributed by atoms with Gasteiger partial charge in [0.25, 0.3) is 0 Å². The highest BCUT2D eigenvalue weighted by Gasteiger charge is 2.24. The van der Waals surface area contributed by atoms with Crippen molar-refractivity contribution in [1.82, 2.24) is 25.0 Å². The first kappa shape index (κ1) is 15.9. The summed E-state index contributed by atoms with van der Waals surface area (Å²) in [6, 6.07) is 10.8. The van der Waals surface area contributed by atoms with Gasteiger partial charge >= 0.3 is 0 Å². The van der Waals surface area contributed by atoms with Crippen LogP contribution in [0.2, 0.25) is 5.02 Å². The molecule has 3 heterocycles. The van der Waals surface area contributed by atoms with Crippen molar-refractivity contribution in [2.45, 2.75) is 5.25 Å². The minimum atomic E-state index is -0.526. The SMILES string of the molecule is Cn1c(-c2ccco2)nnc1C(S)c1nnc(-c2cccc(Cl)c2)o1. The standard InChI is InChI=1S/C16H12ClN5O2S/c1-22-13(11-6-3-7-23-11)18-19-14(22)12(25)16-21-20-15(24-16)9-4-2-5-10(17)8-9/h2-8,12,25H,1H3. The molecule has 0 amide bonds. The summed E-state index contributed by atoms with van der Waals surface area (Å²) < 4.78 is 12.9. The van der Waals surface area contributed by atoms with Crippen LogP contribution in [0.1, 0.15) is 17.0 Å². The zero-order valence-corrected chi connectivity index (χ0v) is 14.6. The van der Waals surface area contributed by atoms with Crippen molar-refractivity contribution in [2.75, 3.05) is 0 Å². The molecule has 0 saturated heterocycles. The van der Waals surface area contributed by atoms with Crippen LogP contribution < -0.4 is 0 Å². The van der Waals surface area contributed by atoms with Gasteiger partial charge < -0.3 is 13.4 Å². The Balaban J connectivity index is 1.65. The van der Waals surface area contributed by atoms with Crippen LogP contribution >= 0.6 is 24.2 Å². The first-order valence-corrected chi connectivity index (χ1v) is 8.23. The van der Waals surface area contributed by atoms with Gasteiger partial charge in [-0.05, 0) is 30.3 Å². The molecule has 4 rings (SSSR count). The van der Waals surface area contributed by atoms with Crippen LogP contribution in [-0.4, -0.2) is 25.0 Å². The lowest BCUT2D eigenvalue weighted by molar-refractivity contribution is 0.507. The van der Waals surface area contributed by atoms with Crippen LogP contribution in [0.25, 0.3) is 23.0 Å². The molecule has 0 saturated carbocycles. The Hall–Kier alpha value is -2.58. The molecule has 4 aromatic rings. The van der Waals surface area contributed by atoms with Crippen LogP contribution in [0.15, 0.2) is 51.5 Å². The number of halogens is 1. The molecular formula is C16H12ClN5O2S. The van der Waals surface area contributed by atoms with Crippen molar-refractivity contribution >= 4 is 24.2 Å². The van der Waals surface area contributed by atoms with Crippen molar-refractivity contribution in [3.8, 4) is 23.0 Å². The highest BCUT2D eigenvalue weighted by Crippen LogP contribution is 2.30. The third-order valence-electron chi connectivity index (χ3n) is 3.64. The number of aromatic nitrogens is 5. The van der Waals surface area contributed by atoms with Crippen molar-refractivity contribution in [1.29, 1.82) is 0 Å². The molecule has 7 nitrogen and oxygen atoms in total. The van der Waals surface area contributed by atoms with Gasteiger partial charge in [-0.25, -0.2) is 0 Å². The van der Waals surface area contributed by atoms with Crippen molar-refractivity contribution in [3.63, 3.8) is 0 Å². The van der Waals surface area contributed by atoms with Gasteiger partial charge in [-0.2, -0.15) is 12.6 Å². The minimum Gasteiger partial charge on any atom is -0.461 e. The number of benzene rings is 1. The van der Waals surface area contributed by atoms with Crippen LogP contribution in [0, 0.1) is 0 Å². The fourth-order valence-corrected chi connectivity index (χ4v) is 2.91. The molecule has 9 heteroatoms. The van der Waals surface area contributed by atoms with Gasteiger partial charge in [-0.15, -0.1) is 20.4 Å². The summed E-state index contributed by atoms with van der Waals surface area (Å²) in [6.07, 6.45) is 1.58. The second-order valence-corrected chi connectivity index (χ2v) is 6.23. The van der Waals surface area contributed by atoms with E-state index in [4.69, 9.17) is 20.4 Å². The number of furan rings is 1. The third kappa shape index (κ3) is 2.94. The summed E-state index contributed by atoms with van der Waals surface area (Å²) in [7, 11) is 1.82. The Morgan fingerprint density at radius 3 is 2.76 bits per heavy atom. The average Bonchev–Trinajstić information content (AvgIpc) is 3.35. The summed E-state index contributed by atoms with van der Waals surface area (Å²) in [5, 5.41) is 16.5. The quantitative estimate of drug-likeness (QED) is 0.548. The molecular weight excluding hydrogens is 362 g/mol. The van der Waals surface area contributed by atoms with E-state index in [1.54, 1.807) is 29.0 Å². The number of rotatable bonds is 4. The average molecular weight is 374 g/mol. The lowest BCUT2D eigenvalue weighted by atomic mass is 10.2. The Labute approximate surface area is 153 Å². The lowest BCUT2D eigenvalue weighted by Crippen LogP contribution is -2.04. The summed E-state index contributed by atoms with van der Waals surface area (Å²) in [5.74, 6) is 2.46. The Morgan fingerprint density at radius 2 is 2.00 bits per heavy atom. The fourth-order valence-electron chi connectivity index (χ4n) is 2.39. The van der Waals surface area contributed by atoms with Crippen molar-refractivity contribution in [2.24, 2.45) is 7.05 Å². The van der Waals surface area contributed by atoms with Crippen LogP contribution in [-0.2, 0) is 7.05 Å². The number of thiol groups is 1. The normalized spacial score (nSPS) is 12.4. The molecule has 0 aliphatic heterocycles. The monoisotopic (exact) mass is 373 g/mol. The molecule has 0 aliphatic carbocycles. The van der Waals surface area contributed by atoms with Gasteiger partial charge in [0.1, 0.15) is 5.25 Å². The first-order chi connectivity index (χ1) is 12.1. The van der Waals surface area contributed by atoms with Gasteiger partial charge in [0.2, 0.25) is 11.8 Å². The first-order valence-electron chi connectivity index (χ1n) is 7.34. The highest BCUT2D eigenvalue weighted by atomic mass is 35.5. The second-order valence-electron chi connectivity index (χ2n) is 5.28. The lowest BCUT2D eigenvalue weighted by Gasteiger charge is -2.06. The maximum atomic E-state index is 6.00. The van der Waals surface area contributed by atoms with E-state index in [1.165, 1.54) is 0 Å². The predicted molar refractivity (Wildman–Crippen MR) is 94.3 cm³/mol. The van der Waals surface area contributed by atoms with E-state index in [1.807, 2.05) is 25.2 Å². The molecule has 3 aromatic heterocycles. The van der Waals surface area contributed by atoms with Gasteiger partial charge in [0, 0.05) is 17.6 Å². The number of nitrogens with zero attached hydrogens (tertiary/aromatic N) is 5. The maximum Gasteiger partial charge on any atom is 0.247 e. The zero-order valence-electron chi connectivity index (χ0n) is 13.0. The Kier molecular flexibility index (Phi) is 4.06. The largest absolute Gasteiger partial charge is 0.461 e. The second kappa shape index (κ2) is 6.38. The minimum absolute atomic E-state index is 0.319. The van der Waals surface area contributed by atoms with Crippen LogP contribution in [0.5, 0.6) is 0 Å². The third-order valence-corrected chi connectivity index (χ3v) is 4.33. The zero-order chi connectivity index (χ0) is 17.4. The van der Waals surface area contributed by atoms with Crippen LogP contribution in [0.4, 0.5) is 0 Å². The van der Waals surface area contributed by atoms with E-state index < -0.39 is 5.25 Å². The topological polar surface area (TPSA) is 82.8 Å². The summed E-state index contributed by atoms with van der Waals surface area (Å²) >= 11 is 10.6. The highest BCUT2D eigenvalue weighted by molar-refractivity contribution is 7.80. The molecule has 0 bridgehead atoms. The molecule has 1 aromatic carbocycles. The van der Waals surface area contributed by atoms with Crippen molar-refractivity contribution in [3.05, 3.63) is 59.4 Å². The van der Waals surface area contributed by atoms with Crippen molar-refractivity contribution < 1.29 is 8.83 Å². The van der Waals surface area contributed by atoms with E-state index in [-0.39, 0.29) is 0 Å². The molecule has 25 heavy (non-hydrogen) atoms. The van der Waals surface area contributed by atoms with E-state index in [0.29, 0.717) is 34.2 Å². The van der Waals surface area contributed by atoms with E-state index in [0.717, 1.165) is 5.56 Å². The molecule has 0 radical (unpaired) electrons. The molecule has 0 N–H and O–H groups in total. The maximum absolute atomic E-state index is 6.00. The molecule has 1 unspecified atom stereocenters. The smallest absolute Gasteiger partial charge is 0.247 e. The molecule has 0 fully saturated rings. The molecule has 0 aliphatic rings. The molecule has 1 atom stereocenters. The summed E-state index contributed by atoms with van der Waals surface area (Å²) in [6.45, 7) is 0. The summed E-state index contributed by atoms with van der Waals surface area (Å²) in [5.41, 5.74) is 0.737. The van der Waals surface area contributed by atoms with Gasteiger partial charge in [-0.3, -0.25) is 0 Å². The fraction of sp³-hybridized carbons (Fsp3) is 0.125. The Morgan fingerprint density at radius 1 is 1.12 bits per heavy atom. The van der Waals surface area contributed by atoms with Crippen LogP contribution in [0.3, 0.4) is 0 Å². The van der Waals surface area contributed by atoms with Gasteiger partial charge in [-0.1, -0.05) is 17.7 Å². The number of hydrogen-bond donors (Lipinski definition) is 1. The molecule has 0 spiro atoms. The molecule has 126 valence electrons. The Bertz CT molecular complexity index is 1010. The van der Waals surface area contributed by atoms with E-state index >= 15 is 0 Å².